The van der Waals surface area contributed by atoms with Crippen LogP contribution in [-0.4, -0.2) is 39.6 Å². The summed E-state index contributed by atoms with van der Waals surface area (Å²) in [6, 6.07) is 13.5. The Morgan fingerprint density at radius 3 is 2.19 bits per heavy atom. The highest BCUT2D eigenvalue weighted by Crippen LogP contribution is 2.15. The molecule has 0 bridgehead atoms. The van der Waals surface area contributed by atoms with E-state index in [9.17, 15) is 8.42 Å². The van der Waals surface area contributed by atoms with Crippen LogP contribution in [0.2, 0.25) is 5.02 Å². The van der Waals surface area contributed by atoms with Crippen molar-refractivity contribution in [2.75, 3.05) is 26.2 Å². The molecule has 0 saturated carbocycles. The molecule has 0 heterocycles. The van der Waals surface area contributed by atoms with Crippen molar-refractivity contribution in [3.8, 4) is 5.75 Å². The maximum atomic E-state index is 12.3. The highest BCUT2D eigenvalue weighted by Gasteiger charge is 2.13. The third kappa shape index (κ3) is 6.29. The van der Waals surface area contributed by atoms with Crippen LogP contribution >= 0.6 is 11.6 Å². The highest BCUT2D eigenvalue weighted by atomic mass is 35.5. The third-order valence-electron chi connectivity index (χ3n) is 4.08. The lowest BCUT2D eigenvalue weighted by Gasteiger charge is -2.18. The van der Waals surface area contributed by atoms with Crippen LogP contribution < -0.4 is 9.46 Å². The van der Waals surface area contributed by atoms with Gasteiger partial charge in [0.2, 0.25) is 10.0 Å². The molecule has 2 aromatic rings. The third-order valence-corrected chi connectivity index (χ3v) is 5.75. The fraction of sp³-hybridized carbons (Fsp3) is 0.368. The van der Waals surface area contributed by atoms with Crippen molar-refractivity contribution in [1.29, 1.82) is 0 Å². The van der Waals surface area contributed by atoms with Crippen molar-refractivity contribution >= 4 is 21.6 Å². The molecule has 0 unspecified atom stereocenters. The Hall–Kier alpha value is -1.60. The van der Waals surface area contributed by atoms with Gasteiger partial charge in [0.05, 0.1) is 4.90 Å². The van der Waals surface area contributed by atoms with Crippen molar-refractivity contribution in [3.63, 3.8) is 0 Å². The summed E-state index contributed by atoms with van der Waals surface area (Å²) in [5.41, 5.74) is 0.860. The summed E-state index contributed by atoms with van der Waals surface area (Å²) in [7, 11) is -3.56. The van der Waals surface area contributed by atoms with E-state index in [2.05, 4.69) is 23.5 Å². The van der Waals surface area contributed by atoms with Gasteiger partial charge in [-0.2, -0.15) is 0 Å². The molecule has 142 valence electrons. The van der Waals surface area contributed by atoms with Crippen LogP contribution in [0, 0.1) is 0 Å². The number of halogens is 1. The largest absolute Gasteiger partial charge is 0.492 e. The molecular formula is C19H25ClN2O3S. The summed E-state index contributed by atoms with van der Waals surface area (Å²) < 4.78 is 32.8. The lowest BCUT2D eigenvalue weighted by Crippen LogP contribution is -2.27. The lowest BCUT2D eigenvalue weighted by atomic mass is 10.2. The molecule has 0 spiro atoms. The maximum absolute atomic E-state index is 12.3. The van der Waals surface area contributed by atoms with Crippen molar-refractivity contribution in [1.82, 2.24) is 9.62 Å². The predicted molar refractivity (Wildman–Crippen MR) is 105 cm³/mol. The summed E-state index contributed by atoms with van der Waals surface area (Å²) in [5, 5.41) is 0.500. The second kappa shape index (κ2) is 9.92. The molecule has 26 heavy (non-hydrogen) atoms. The number of hydrogen-bond donors (Lipinski definition) is 1. The molecule has 0 atom stereocenters. The van der Waals surface area contributed by atoms with Gasteiger partial charge in [0.25, 0.3) is 0 Å². The molecule has 0 aliphatic carbocycles. The Balaban J connectivity index is 1.86. The zero-order valence-corrected chi connectivity index (χ0v) is 16.7. The number of hydrogen-bond acceptors (Lipinski definition) is 4. The minimum Gasteiger partial charge on any atom is -0.492 e. The van der Waals surface area contributed by atoms with Crippen LogP contribution in [0.5, 0.6) is 5.75 Å². The van der Waals surface area contributed by atoms with Crippen LogP contribution in [-0.2, 0) is 16.6 Å². The first-order valence-corrected chi connectivity index (χ1v) is 10.5. The minimum atomic E-state index is -3.56. The molecule has 5 nitrogen and oxygen atoms in total. The number of sulfonamides is 1. The predicted octanol–water partition coefficient (Wildman–Crippen LogP) is 3.54. The van der Waals surface area contributed by atoms with Crippen LogP contribution in [0.15, 0.2) is 53.4 Å². The topological polar surface area (TPSA) is 58.6 Å². The fourth-order valence-corrected chi connectivity index (χ4v) is 3.56. The van der Waals surface area contributed by atoms with Gasteiger partial charge >= 0.3 is 0 Å². The van der Waals surface area contributed by atoms with E-state index in [0.717, 1.165) is 30.9 Å². The van der Waals surface area contributed by atoms with Gasteiger partial charge in [-0.3, -0.25) is 0 Å². The highest BCUT2D eigenvalue weighted by molar-refractivity contribution is 7.89. The Kier molecular flexibility index (Phi) is 7.90. The smallest absolute Gasteiger partial charge is 0.240 e. The SMILES string of the molecule is CCN(CC)CCOc1ccc(CNS(=O)(=O)c2ccc(Cl)cc2)cc1. The summed E-state index contributed by atoms with van der Waals surface area (Å²) in [5.74, 6) is 0.779. The van der Waals surface area contributed by atoms with Gasteiger partial charge in [0.1, 0.15) is 12.4 Å². The molecule has 7 heteroatoms. The summed E-state index contributed by atoms with van der Waals surface area (Å²) in [6.07, 6.45) is 0. The molecule has 0 fully saturated rings. The van der Waals surface area contributed by atoms with E-state index in [-0.39, 0.29) is 11.4 Å². The number of nitrogens with one attached hydrogen (secondary N) is 1. The van der Waals surface area contributed by atoms with E-state index in [4.69, 9.17) is 16.3 Å². The second-order valence-electron chi connectivity index (χ2n) is 5.80. The monoisotopic (exact) mass is 396 g/mol. The number of nitrogens with zero attached hydrogens (tertiary/aromatic N) is 1. The van der Waals surface area contributed by atoms with Crippen molar-refractivity contribution in [2.45, 2.75) is 25.3 Å². The Morgan fingerprint density at radius 2 is 1.62 bits per heavy atom. The zero-order chi connectivity index (χ0) is 19.0. The van der Waals surface area contributed by atoms with E-state index in [1.165, 1.54) is 12.1 Å². The number of ether oxygens (including phenoxy) is 1. The first-order chi connectivity index (χ1) is 12.4. The minimum absolute atomic E-state index is 0.193. The Labute approximate surface area is 161 Å². The molecule has 0 amide bonds. The van der Waals surface area contributed by atoms with Crippen molar-refractivity contribution in [2.24, 2.45) is 0 Å². The van der Waals surface area contributed by atoms with E-state index in [1.807, 2.05) is 24.3 Å². The first kappa shape index (κ1) is 20.7. The maximum Gasteiger partial charge on any atom is 0.240 e. The van der Waals surface area contributed by atoms with Crippen LogP contribution in [0.3, 0.4) is 0 Å². The second-order valence-corrected chi connectivity index (χ2v) is 8.00. The number of rotatable bonds is 10. The Bertz CT molecular complexity index is 773. The van der Waals surface area contributed by atoms with Gasteiger partial charge in [-0.1, -0.05) is 37.6 Å². The normalized spacial score (nSPS) is 11.7. The van der Waals surface area contributed by atoms with E-state index >= 15 is 0 Å². The molecule has 2 aromatic carbocycles. The van der Waals surface area contributed by atoms with E-state index in [0.29, 0.717) is 11.6 Å². The quantitative estimate of drug-likeness (QED) is 0.667. The summed E-state index contributed by atoms with van der Waals surface area (Å²) in [4.78, 5) is 2.48. The van der Waals surface area contributed by atoms with Gasteiger partial charge in [0, 0.05) is 18.1 Å². The van der Waals surface area contributed by atoms with Crippen LogP contribution in [0.1, 0.15) is 19.4 Å². The Morgan fingerprint density at radius 1 is 1.00 bits per heavy atom. The van der Waals surface area contributed by atoms with Crippen molar-refractivity contribution in [3.05, 3.63) is 59.1 Å². The standard InChI is InChI=1S/C19H25ClN2O3S/c1-3-22(4-2)13-14-25-18-9-5-16(6-10-18)15-21-26(23,24)19-11-7-17(20)8-12-19/h5-12,21H,3-4,13-15H2,1-2H3. The molecule has 0 saturated heterocycles. The van der Waals surface area contributed by atoms with Crippen LogP contribution in [0.4, 0.5) is 0 Å². The number of likely N-dealkylation sites (N-methyl/N-ethyl adjacent to an activating group) is 1. The van der Waals surface area contributed by atoms with Crippen molar-refractivity contribution < 1.29 is 13.2 Å². The van der Waals surface area contributed by atoms with Gasteiger partial charge in [0.15, 0.2) is 0 Å². The molecule has 0 aliphatic rings. The van der Waals surface area contributed by atoms with Gasteiger partial charge in [-0.25, -0.2) is 13.1 Å². The van der Waals surface area contributed by atoms with Gasteiger partial charge in [-0.05, 0) is 55.1 Å². The summed E-state index contributed by atoms with van der Waals surface area (Å²) >= 11 is 5.79. The summed E-state index contributed by atoms with van der Waals surface area (Å²) in [6.45, 7) is 8.00. The molecule has 2 rings (SSSR count). The molecule has 0 radical (unpaired) electrons. The van der Waals surface area contributed by atoms with Crippen LogP contribution in [0.25, 0.3) is 0 Å². The molecule has 0 aliphatic heterocycles. The lowest BCUT2D eigenvalue weighted by molar-refractivity contribution is 0.223. The van der Waals surface area contributed by atoms with E-state index < -0.39 is 10.0 Å². The molecule has 1 N–H and O–H groups in total. The number of benzene rings is 2. The van der Waals surface area contributed by atoms with Gasteiger partial charge < -0.3 is 9.64 Å². The first-order valence-electron chi connectivity index (χ1n) is 8.64. The zero-order valence-electron chi connectivity index (χ0n) is 15.1. The van der Waals surface area contributed by atoms with E-state index in [1.54, 1.807) is 12.1 Å². The fourth-order valence-electron chi connectivity index (χ4n) is 2.41. The molecule has 0 aromatic heterocycles. The van der Waals surface area contributed by atoms with Gasteiger partial charge in [-0.15, -0.1) is 0 Å². The average molecular weight is 397 g/mol. The molecular weight excluding hydrogens is 372 g/mol. The average Bonchev–Trinajstić information content (AvgIpc) is 2.65.